The van der Waals surface area contributed by atoms with E-state index in [2.05, 4.69) is 0 Å². The van der Waals surface area contributed by atoms with Crippen LogP contribution in [0.2, 0.25) is 0 Å². The summed E-state index contributed by atoms with van der Waals surface area (Å²) >= 11 is 0. The maximum Gasteiger partial charge on any atom is 0.336 e. The second kappa shape index (κ2) is 9.75. The minimum atomic E-state index is -1.08. The van der Waals surface area contributed by atoms with Gasteiger partial charge in [-0.15, -0.1) is 0 Å². The van der Waals surface area contributed by atoms with Crippen molar-refractivity contribution in [3.05, 3.63) is 114 Å². The summed E-state index contributed by atoms with van der Waals surface area (Å²) in [6, 6.07) is 26.1. The van der Waals surface area contributed by atoms with Gasteiger partial charge in [-0.3, -0.25) is 4.79 Å². The number of nitrogens with two attached hydrogens (primary N) is 2. The molecule has 0 saturated carbocycles. The molecule has 4 aromatic rings. The Morgan fingerprint density at radius 2 is 1.50 bits per heavy atom. The molecule has 0 saturated heterocycles. The normalized spacial score (nSPS) is 10.8. The number of aromatic carboxylic acids is 1. The number of ether oxygens (including phenoxy) is 1. The lowest BCUT2D eigenvalue weighted by Crippen LogP contribution is -2.01. The van der Waals surface area contributed by atoms with E-state index in [-0.39, 0.29) is 11.3 Å². The van der Waals surface area contributed by atoms with Crippen LogP contribution in [0.5, 0.6) is 11.5 Å². The van der Waals surface area contributed by atoms with Gasteiger partial charge in [-0.05, 0) is 59.2 Å². The van der Waals surface area contributed by atoms with Crippen molar-refractivity contribution in [2.24, 2.45) is 0 Å². The zero-order valence-corrected chi connectivity index (χ0v) is 18.1. The molecule has 0 aliphatic heterocycles. The molecule has 168 valence electrons. The summed E-state index contributed by atoms with van der Waals surface area (Å²) in [6.45, 7) is 0. The first-order chi connectivity index (χ1) is 16.4. The van der Waals surface area contributed by atoms with Crippen molar-refractivity contribution in [1.82, 2.24) is 0 Å². The summed E-state index contributed by atoms with van der Waals surface area (Å²) in [5, 5.41) is 9.71. The van der Waals surface area contributed by atoms with Gasteiger partial charge in [-0.1, -0.05) is 60.7 Å². The molecule has 0 bridgehead atoms. The summed E-state index contributed by atoms with van der Waals surface area (Å²) in [7, 11) is 0. The molecular weight excluding hydrogens is 428 g/mol. The molecule has 34 heavy (non-hydrogen) atoms. The molecule has 0 aliphatic rings. The van der Waals surface area contributed by atoms with Crippen LogP contribution in [0.15, 0.2) is 97.1 Å². The molecule has 0 spiro atoms. The molecule has 0 heterocycles. The molecule has 4 aromatic carbocycles. The molecule has 0 aliphatic carbocycles. The Kier molecular flexibility index (Phi) is 6.41. The molecule has 0 aromatic heterocycles. The monoisotopic (exact) mass is 450 g/mol. The second-order valence-electron chi connectivity index (χ2n) is 7.59. The third-order valence-corrected chi connectivity index (χ3v) is 5.21. The summed E-state index contributed by atoms with van der Waals surface area (Å²) in [5.74, 6) is -0.195. The Labute approximate surface area is 196 Å². The van der Waals surface area contributed by atoms with Gasteiger partial charge < -0.3 is 21.3 Å². The van der Waals surface area contributed by atoms with Crippen LogP contribution in [0.4, 0.5) is 11.4 Å². The summed E-state index contributed by atoms with van der Waals surface area (Å²) in [4.78, 5) is 24.2. The Hall–Kier alpha value is -4.84. The smallest absolute Gasteiger partial charge is 0.336 e. The lowest BCUT2D eigenvalue weighted by atomic mass is 9.98. The first-order valence-corrected chi connectivity index (χ1v) is 10.5. The number of carboxylic acids is 1. The highest BCUT2D eigenvalue weighted by atomic mass is 16.5. The molecular formula is C28H22N2O4. The average Bonchev–Trinajstić information content (AvgIpc) is 2.85. The van der Waals surface area contributed by atoms with Crippen molar-refractivity contribution in [1.29, 1.82) is 0 Å². The van der Waals surface area contributed by atoms with Gasteiger partial charge in [0.25, 0.3) is 0 Å². The maximum atomic E-state index is 12.3. The third kappa shape index (κ3) is 5.14. The zero-order valence-electron chi connectivity index (χ0n) is 18.1. The van der Waals surface area contributed by atoms with E-state index in [0.717, 1.165) is 11.1 Å². The highest BCUT2D eigenvalue weighted by molar-refractivity contribution is 6.07. The first kappa shape index (κ1) is 22.4. The van der Waals surface area contributed by atoms with Crippen molar-refractivity contribution >= 4 is 29.2 Å². The maximum absolute atomic E-state index is 12.3. The molecule has 0 radical (unpaired) electrons. The molecule has 4 rings (SSSR count). The van der Waals surface area contributed by atoms with E-state index < -0.39 is 5.97 Å². The standard InChI is InChI=1S/C28H22N2O4/c29-22-11-15-27(25(30)17-22)34-23-12-8-18(9-13-23)21-7-6-19(24(16-21)28(32)33)10-14-26(31)20-4-2-1-3-5-20/h1-17H,29-30H2,(H,32,33). The van der Waals surface area contributed by atoms with E-state index >= 15 is 0 Å². The Morgan fingerprint density at radius 1 is 0.794 bits per heavy atom. The van der Waals surface area contributed by atoms with Crippen molar-refractivity contribution in [3.63, 3.8) is 0 Å². The lowest BCUT2D eigenvalue weighted by Gasteiger charge is -2.10. The number of carboxylic acid groups (broad SMARTS) is 1. The van der Waals surface area contributed by atoms with Gasteiger partial charge in [0.15, 0.2) is 5.78 Å². The van der Waals surface area contributed by atoms with Gasteiger partial charge in [-0.2, -0.15) is 0 Å². The molecule has 6 nitrogen and oxygen atoms in total. The van der Waals surface area contributed by atoms with Gasteiger partial charge >= 0.3 is 5.97 Å². The number of ketones is 1. The zero-order chi connectivity index (χ0) is 24.1. The number of carbonyl (C=O) groups excluding carboxylic acids is 1. The number of hydrogen-bond acceptors (Lipinski definition) is 5. The van der Waals surface area contributed by atoms with Crippen LogP contribution in [0.1, 0.15) is 26.3 Å². The summed E-state index contributed by atoms with van der Waals surface area (Å²) in [6.07, 6.45) is 2.91. The lowest BCUT2D eigenvalue weighted by molar-refractivity contribution is 0.0696. The Bertz CT molecular complexity index is 1380. The van der Waals surface area contributed by atoms with Crippen molar-refractivity contribution in [3.8, 4) is 22.6 Å². The van der Waals surface area contributed by atoms with Gasteiger partial charge in [0, 0.05) is 11.3 Å². The predicted octanol–water partition coefficient (Wildman–Crippen LogP) is 5.90. The van der Waals surface area contributed by atoms with Crippen molar-refractivity contribution < 1.29 is 19.4 Å². The highest BCUT2D eigenvalue weighted by Crippen LogP contribution is 2.31. The molecule has 0 amide bonds. The van der Waals surface area contributed by atoms with Crippen LogP contribution < -0.4 is 16.2 Å². The third-order valence-electron chi connectivity index (χ3n) is 5.21. The number of hydrogen-bond donors (Lipinski definition) is 3. The minimum absolute atomic E-state index is 0.101. The van der Waals surface area contributed by atoms with Gasteiger partial charge in [0.1, 0.15) is 11.5 Å². The molecule has 6 heteroatoms. The second-order valence-corrected chi connectivity index (χ2v) is 7.59. The first-order valence-electron chi connectivity index (χ1n) is 10.5. The van der Waals surface area contributed by atoms with E-state index in [0.29, 0.717) is 34.0 Å². The quantitative estimate of drug-likeness (QED) is 0.183. The predicted molar refractivity (Wildman–Crippen MR) is 134 cm³/mol. The van der Waals surface area contributed by atoms with E-state index in [4.69, 9.17) is 16.2 Å². The fraction of sp³-hybridized carbons (Fsp3) is 0. The molecule has 0 atom stereocenters. The van der Waals surface area contributed by atoms with E-state index in [9.17, 15) is 14.7 Å². The fourth-order valence-electron chi connectivity index (χ4n) is 3.43. The van der Waals surface area contributed by atoms with E-state index in [1.165, 1.54) is 12.2 Å². The van der Waals surface area contributed by atoms with Crippen LogP contribution in [0, 0.1) is 0 Å². The average molecular weight is 450 g/mol. The largest absolute Gasteiger partial charge is 0.478 e. The Balaban J connectivity index is 1.55. The van der Waals surface area contributed by atoms with Gasteiger partial charge in [0.2, 0.25) is 0 Å². The SMILES string of the molecule is Nc1ccc(Oc2ccc(-c3ccc(C=CC(=O)c4ccccc4)c(C(=O)O)c3)cc2)c(N)c1. The number of allylic oxidation sites excluding steroid dienone is 1. The van der Waals surface area contributed by atoms with Crippen LogP contribution in [-0.2, 0) is 0 Å². The fourth-order valence-corrected chi connectivity index (χ4v) is 3.43. The van der Waals surface area contributed by atoms with E-state index in [1.807, 2.05) is 24.3 Å². The van der Waals surface area contributed by atoms with Crippen LogP contribution in [0.3, 0.4) is 0 Å². The van der Waals surface area contributed by atoms with Crippen LogP contribution in [-0.4, -0.2) is 16.9 Å². The van der Waals surface area contributed by atoms with Gasteiger partial charge in [-0.25, -0.2) is 4.79 Å². The van der Waals surface area contributed by atoms with Crippen LogP contribution >= 0.6 is 0 Å². The Morgan fingerprint density at radius 3 is 2.18 bits per heavy atom. The minimum Gasteiger partial charge on any atom is -0.478 e. The van der Waals surface area contributed by atoms with E-state index in [1.54, 1.807) is 66.7 Å². The topological polar surface area (TPSA) is 116 Å². The number of rotatable bonds is 7. The molecule has 0 unspecified atom stereocenters. The number of nitrogen functional groups attached to an aromatic ring is 2. The summed E-state index contributed by atoms with van der Waals surface area (Å²) in [5.41, 5.74) is 15.3. The molecule has 5 N–H and O–H groups in total. The summed E-state index contributed by atoms with van der Waals surface area (Å²) < 4.78 is 5.81. The van der Waals surface area contributed by atoms with Crippen molar-refractivity contribution in [2.75, 3.05) is 11.5 Å². The number of carbonyl (C=O) groups is 2. The van der Waals surface area contributed by atoms with Gasteiger partial charge in [0.05, 0.1) is 11.3 Å². The highest BCUT2D eigenvalue weighted by Gasteiger charge is 2.11. The number of anilines is 2. The van der Waals surface area contributed by atoms with Crippen LogP contribution in [0.25, 0.3) is 17.2 Å². The van der Waals surface area contributed by atoms with Crippen molar-refractivity contribution in [2.45, 2.75) is 0 Å². The molecule has 0 fully saturated rings. The number of benzene rings is 4.